The van der Waals surface area contributed by atoms with Crippen molar-refractivity contribution in [2.24, 2.45) is 5.92 Å². The van der Waals surface area contributed by atoms with E-state index < -0.39 is 0 Å². The molecule has 2 aliphatic rings. The van der Waals surface area contributed by atoms with Crippen LogP contribution in [0, 0.1) is 12.8 Å². The molecular weight excluding hydrogens is 352 g/mol. The predicted octanol–water partition coefficient (Wildman–Crippen LogP) is 2.93. The van der Waals surface area contributed by atoms with Gasteiger partial charge < -0.3 is 9.42 Å². The van der Waals surface area contributed by atoms with E-state index in [0.717, 1.165) is 36.3 Å². The van der Waals surface area contributed by atoms with Gasteiger partial charge in [0.2, 0.25) is 5.91 Å². The third kappa shape index (κ3) is 3.41. The van der Waals surface area contributed by atoms with Gasteiger partial charge in [0.15, 0.2) is 10.8 Å². The van der Waals surface area contributed by atoms with E-state index in [4.69, 9.17) is 4.52 Å². The van der Waals surface area contributed by atoms with Crippen molar-refractivity contribution in [3.05, 3.63) is 40.2 Å². The van der Waals surface area contributed by atoms with Gasteiger partial charge in [0, 0.05) is 29.8 Å². The van der Waals surface area contributed by atoms with Crippen molar-refractivity contribution >= 4 is 28.3 Å². The second-order valence-corrected chi connectivity index (χ2v) is 7.74. The lowest BCUT2D eigenvalue weighted by Gasteiger charge is -2.30. The Balaban J connectivity index is 1.43. The average Bonchev–Trinajstić information content (AvgIpc) is 3.26. The van der Waals surface area contributed by atoms with Gasteiger partial charge in [-0.15, -0.1) is 0 Å². The molecule has 3 heterocycles. The number of aryl methyl sites for hydroxylation is 1. The molecule has 0 radical (unpaired) electrons. The molecule has 7 nitrogen and oxygen atoms in total. The van der Waals surface area contributed by atoms with Gasteiger partial charge in [0.25, 0.3) is 5.91 Å². The Labute approximate surface area is 155 Å². The molecule has 26 heavy (non-hydrogen) atoms. The second kappa shape index (κ2) is 7.03. The molecule has 136 valence electrons. The van der Waals surface area contributed by atoms with Crippen molar-refractivity contribution in [3.8, 4) is 0 Å². The van der Waals surface area contributed by atoms with Crippen LogP contribution in [0.1, 0.15) is 46.1 Å². The highest BCUT2D eigenvalue weighted by Crippen LogP contribution is 2.30. The molecule has 2 aromatic rings. The van der Waals surface area contributed by atoms with Crippen molar-refractivity contribution in [2.45, 2.75) is 39.2 Å². The smallest absolute Gasteiger partial charge is 0.279 e. The monoisotopic (exact) mass is 372 g/mol. The number of nitrogens with zero attached hydrogens (tertiary/aromatic N) is 3. The predicted molar refractivity (Wildman–Crippen MR) is 96.9 cm³/mol. The molecule has 1 aliphatic carbocycles. The quantitative estimate of drug-likeness (QED) is 0.837. The van der Waals surface area contributed by atoms with Gasteiger partial charge in [0.1, 0.15) is 5.76 Å². The summed E-state index contributed by atoms with van der Waals surface area (Å²) in [4.78, 5) is 32.4. The molecule has 0 spiro atoms. The summed E-state index contributed by atoms with van der Waals surface area (Å²) in [6, 6.07) is 1.59. The molecule has 1 atom stereocenters. The average molecular weight is 372 g/mol. The number of fused-ring (bicyclic) bond motifs is 1. The zero-order chi connectivity index (χ0) is 18.1. The third-order valence-corrected chi connectivity index (χ3v) is 5.74. The molecule has 4 rings (SSSR count). The van der Waals surface area contributed by atoms with Crippen LogP contribution in [0.25, 0.3) is 0 Å². The number of carbonyl (C=O) groups excluding carboxylic acids is 2. The van der Waals surface area contributed by atoms with Crippen LogP contribution in [0.5, 0.6) is 0 Å². The number of hydrogen-bond acceptors (Lipinski definition) is 6. The largest absolute Gasteiger partial charge is 0.361 e. The first-order valence-electron chi connectivity index (χ1n) is 8.77. The fourth-order valence-corrected chi connectivity index (χ4v) is 4.37. The standard InChI is InChI=1S/C18H20N4O3S/c1-11-9-14(21-25-11)16(23)20-18-19-13-7-8-22(10-15(13)26-18)17(24)12-5-3-2-4-6-12/h2-3,9,12H,4-8,10H2,1H3,(H,19,20,23)/t12-/m1/s1. The topological polar surface area (TPSA) is 88.3 Å². The molecule has 1 N–H and O–H groups in total. The maximum absolute atomic E-state index is 12.7. The first kappa shape index (κ1) is 17.0. The van der Waals surface area contributed by atoms with Gasteiger partial charge in [-0.2, -0.15) is 0 Å². The molecule has 2 aromatic heterocycles. The SMILES string of the molecule is Cc1cc(C(=O)Nc2nc3c(s2)CN(C(=O)[C@@H]2CC=CCC2)CC3)no1. The maximum atomic E-state index is 12.7. The van der Waals surface area contributed by atoms with E-state index in [1.165, 1.54) is 11.3 Å². The number of amides is 2. The lowest BCUT2D eigenvalue weighted by molar-refractivity contribution is -0.136. The molecule has 2 amide bonds. The second-order valence-electron chi connectivity index (χ2n) is 6.66. The Morgan fingerprint density at radius 2 is 2.27 bits per heavy atom. The molecular formula is C18H20N4O3S. The van der Waals surface area contributed by atoms with Gasteiger partial charge in [-0.1, -0.05) is 28.6 Å². The minimum absolute atomic E-state index is 0.101. The van der Waals surface area contributed by atoms with Crippen LogP contribution in [0.2, 0.25) is 0 Å². The zero-order valence-corrected chi connectivity index (χ0v) is 15.3. The van der Waals surface area contributed by atoms with E-state index in [1.54, 1.807) is 13.0 Å². The van der Waals surface area contributed by atoms with Gasteiger partial charge in [-0.25, -0.2) is 4.98 Å². The molecule has 0 aromatic carbocycles. The summed E-state index contributed by atoms with van der Waals surface area (Å²) in [7, 11) is 0. The number of rotatable bonds is 3. The summed E-state index contributed by atoms with van der Waals surface area (Å²) in [5.74, 6) is 0.580. The molecule has 8 heteroatoms. The summed E-state index contributed by atoms with van der Waals surface area (Å²) in [6.07, 6.45) is 7.72. The van der Waals surface area contributed by atoms with Crippen LogP contribution < -0.4 is 5.32 Å². The molecule has 0 bridgehead atoms. The number of aromatic nitrogens is 2. The normalized spacial score (nSPS) is 19.3. The lowest BCUT2D eigenvalue weighted by atomic mass is 9.92. The molecule has 0 unspecified atom stereocenters. The highest BCUT2D eigenvalue weighted by atomic mass is 32.1. The van der Waals surface area contributed by atoms with E-state index in [0.29, 0.717) is 24.0 Å². The lowest BCUT2D eigenvalue weighted by Crippen LogP contribution is -2.39. The number of anilines is 1. The number of nitrogens with one attached hydrogen (secondary N) is 1. The number of carbonyl (C=O) groups is 2. The van der Waals surface area contributed by atoms with Crippen LogP contribution in [-0.4, -0.2) is 33.4 Å². The van der Waals surface area contributed by atoms with Crippen LogP contribution in [-0.2, 0) is 17.8 Å². The highest BCUT2D eigenvalue weighted by molar-refractivity contribution is 7.15. The first-order chi connectivity index (χ1) is 12.6. The summed E-state index contributed by atoms with van der Waals surface area (Å²) < 4.78 is 4.93. The van der Waals surface area contributed by atoms with Crippen LogP contribution in [0.4, 0.5) is 5.13 Å². The minimum atomic E-state index is -0.338. The van der Waals surface area contributed by atoms with Gasteiger partial charge in [-0.05, 0) is 26.2 Å². The zero-order valence-electron chi connectivity index (χ0n) is 14.5. The third-order valence-electron chi connectivity index (χ3n) is 4.74. The molecule has 0 saturated carbocycles. The van der Waals surface area contributed by atoms with E-state index in [9.17, 15) is 9.59 Å². The van der Waals surface area contributed by atoms with Gasteiger partial charge in [-0.3, -0.25) is 14.9 Å². The van der Waals surface area contributed by atoms with Crippen molar-refractivity contribution in [2.75, 3.05) is 11.9 Å². The van der Waals surface area contributed by atoms with Crippen LogP contribution in [0.15, 0.2) is 22.7 Å². The van der Waals surface area contributed by atoms with Crippen molar-refractivity contribution < 1.29 is 14.1 Å². The molecule has 0 saturated heterocycles. The highest BCUT2D eigenvalue weighted by Gasteiger charge is 2.29. The number of thiazole rings is 1. The van der Waals surface area contributed by atoms with E-state index in [-0.39, 0.29) is 23.4 Å². The van der Waals surface area contributed by atoms with Crippen molar-refractivity contribution in [3.63, 3.8) is 0 Å². The van der Waals surface area contributed by atoms with E-state index in [2.05, 4.69) is 27.6 Å². The van der Waals surface area contributed by atoms with Crippen LogP contribution in [0.3, 0.4) is 0 Å². The summed E-state index contributed by atoms with van der Waals surface area (Å²) in [5.41, 5.74) is 1.20. The van der Waals surface area contributed by atoms with Gasteiger partial charge in [0.05, 0.1) is 12.2 Å². The van der Waals surface area contributed by atoms with Gasteiger partial charge >= 0.3 is 0 Å². The Hall–Kier alpha value is -2.48. The molecule has 0 fully saturated rings. The number of hydrogen-bond donors (Lipinski definition) is 1. The van der Waals surface area contributed by atoms with E-state index >= 15 is 0 Å². The Kier molecular flexibility index (Phi) is 4.58. The summed E-state index contributed by atoms with van der Waals surface area (Å²) in [5, 5.41) is 7.02. The van der Waals surface area contributed by atoms with Crippen LogP contribution >= 0.6 is 11.3 Å². The fraction of sp³-hybridized carbons (Fsp3) is 0.444. The summed E-state index contributed by atoms with van der Waals surface area (Å²) >= 11 is 1.42. The maximum Gasteiger partial charge on any atom is 0.279 e. The number of allylic oxidation sites excluding steroid dienone is 2. The van der Waals surface area contributed by atoms with Crippen molar-refractivity contribution in [1.29, 1.82) is 0 Å². The first-order valence-corrected chi connectivity index (χ1v) is 9.59. The Morgan fingerprint density at radius 3 is 3.00 bits per heavy atom. The molecule has 1 aliphatic heterocycles. The van der Waals surface area contributed by atoms with E-state index in [1.807, 2.05) is 4.90 Å². The Morgan fingerprint density at radius 1 is 1.38 bits per heavy atom. The fourth-order valence-electron chi connectivity index (χ4n) is 3.35. The van der Waals surface area contributed by atoms with Crippen molar-refractivity contribution in [1.82, 2.24) is 15.0 Å². The minimum Gasteiger partial charge on any atom is -0.361 e. The Bertz CT molecular complexity index is 870. The summed E-state index contributed by atoms with van der Waals surface area (Å²) in [6.45, 7) is 3.00.